The van der Waals surface area contributed by atoms with E-state index in [0.717, 1.165) is 16.2 Å². The van der Waals surface area contributed by atoms with E-state index in [-0.39, 0.29) is 18.9 Å². The van der Waals surface area contributed by atoms with Gasteiger partial charge < -0.3 is 10.1 Å². The third kappa shape index (κ3) is 6.25. The summed E-state index contributed by atoms with van der Waals surface area (Å²) in [5, 5.41) is 12.7. The molecule has 138 valence electrons. The molecule has 2 rings (SSSR count). The lowest BCUT2D eigenvalue weighted by Crippen LogP contribution is -2.27. The Morgan fingerprint density at radius 3 is 2.70 bits per heavy atom. The van der Waals surface area contributed by atoms with Crippen LogP contribution in [0.25, 0.3) is 0 Å². The fraction of sp³-hybridized carbons (Fsp3) is 0.238. The smallest absolute Gasteiger partial charge is 0.221 e. The van der Waals surface area contributed by atoms with Crippen LogP contribution in [0.5, 0.6) is 5.75 Å². The Balaban J connectivity index is 1.95. The number of thioether (sulfide) groups is 1. The van der Waals surface area contributed by atoms with Crippen LogP contribution in [-0.4, -0.2) is 18.8 Å². The number of hydrogen-bond donors (Lipinski definition) is 1. The first-order chi connectivity index (χ1) is 13.1. The summed E-state index contributed by atoms with van der Waals surface area (Å²) in [5.74, 6) is 3.00. The molecule has 0 saturated heterocycles. The molecule has 0 aliphatic carbocycles. The number of amides is 1. The number of carbonyl (C=O) groups is 1. The van der Waals surface area contributed by atoms with Crippen LogP contribution in [0, 0.1) is 23.7 Å². The fourth-order valence-corrected chi connectivity index (χ4v) is 3.17. The molecule has 0 aliphatic rings. The molecule has 1 unspecified atom stereocenters. The normalized spacial score (nSPS) is 11.1. The zero-order valence-corrected chi connectivity index (χ0v) is 16.4. The average molecular weight is 399 g/mol. The number of halogens is 1. The minimum atomic E-state index is -0.698. The monoisotopic (exact) mass is 398 g/mol. The van der Waals surface area contributed by atoms with Crippen LogP contribution >= 0.6 is 23.4 Å². The fourth-order valence-electron chi connectivity index (χ4n) is 2.44. The topological polar surface area (TPSA) is 62.1 Å². The molecule has 1 N–H and O–H groups in total. The molecule has 4 nitrogen and oxygen atoms in total. The SMILES string of the molecule is C#CCOc1ccc(CCC(=O)NC(C#N)c2ccc(Cl)cc2)cc1SC. The maximum absolute atomic E-state index is 12.2. The first-order valence-corrected chi connectivity index (χ1v) is 9.85. The number of benzene rings is 2. The quantitative estimate of drug-likeness (QED) is 0.529. The summed E-state index contributed by atoms with van der Waals surface area (Å²) in [5.41, 5.74) is 1.72. The predicted molar refractivity (Wildman–Crippen MR) is 109 cm³/mol. The van der Waals surface area contributed by atoms with E-state index >= 15 is 0 Å². The molecule has 0 fully saturated rings. The molecule has 2 aromatic carbocycles. The van der Waals surface area contributed by atoms with E-state index in [1.54, 1.807) is 36.0 Å². The lowest BCUT2D eigenvalue weighted by molar-refractivity contribution is -0.121. The van der Waals surface area contributed by atoms with Crippen molar-refractivity contribution < 1.29 is 9.53 Å². The van der Waals surface area contributed by atoms with Gasteiger partial charge in [0.25, 0.3) is 0 Å². The Morgan fingerprint density at radius 2 is 2.07 bits per heavy atom. The maximum atomic E-state index is 12.2. The van der Waals surface area contributed by atoms with E-state index in [2.05, 4.69) is 17.3 Å². The number of ether oxygens (including phenoxy) is 1. The molecular weight excluding hydrogens is 380 g/mol. The number of nitrogens with zero attached hydrogens (tertiary/aromatic N) is 1. The highest BCUT2D eigenvalue weighted by Gasteiger charge is 2.14. The van der Waals surface area contributed by atoms with E-state index in [1.165, 1.54) is 0 Å². The molecule has 0 heterocycles. The van der Waals surface area contributed by atoms with E-state index in [9.17, 15) is 10.1 Å². The summed E-state index contributed by atoms with van der Waals surface area (Å²) in [6.07, 6.45) is 8.03. The maximum Gasteiger partial charge on any atom is 0.221 e. The molecule has 0 aromatic heterocycles. The minimum absolute atomic E-state index is 0.185. The van der Waals surface area contributed by atoms with E-state index in [0.29, 0.717) is 17.0 Å². The molecule has 1 atom stereocenters. The van der Waals surface area contributed by atoms with Crippen LogP contribution in [0.1, 0.15) is 23.6 Å². The van der Waals surface area contributed by atoms with Gasteiger partial charge in [-0.05, 0) is 48.1 Å². The molecule has 0 aliphatic heterocycles. The Morgan fingerprint density at radius 1 is 1.33 bits per heavy atom. The van der Waals surface area contributed by atoms with Crippen LogP contribution < -0.4 is 10.1 Å². The van der Waals surface area contributed by atoms with Crippen molar-refractivity contribution in [2.45, 2.75) is 23.8 Å². The molecule has 1 amide bonds. The van der Waals surface area contributed by atoms with Crippen LogP contribution in [0.4, 0.5) is 0 Å². The van der Waals surface area contributed by atoms with E-state index < -0.39 is 6.04 Å². The second-order valence-electron chi connectivity index (χ2n) is 5.66. The predicted octanol–water partition coefficient (Wildman–Crippen LogP) is 4.39. The molecule has 0 radical (unpaired) electrons. The van der Waals surface area contributed by atoms with Crippen LogP contribution in [0.15, 0.2) is 47.4 Å². The molecular formula is C21H19ClN2O2S. The summed E-state index contributed by atoms with van der Waals surface area (Å²) >= 11 is 7.42. The Hall–Kier alpha value is -2.60. The Bertz CT molecular complexity index is 869. The summed E-state index contributed by atoms with van der Waals surface area (Å²) in [6.45, 7) is 0.218. The average Bonchev–Trinajstić information content (AvgIpc) is 2.69. The number of rotatable bonds is 8. The molecule has 0 saturated carbocycles. The van der Waals surface area contributed by atoms with Crippen molar-refractivity contribution in [1.82, 2.24) is 5.32 Å². The third-order valence-electron chi connectivity index (χ3n) is 3.82. The number of hydrogen-bond acceptors (Lipinski definition) is 4. The van der Waals surface area contributed by atoms with Crippen LogP contribution in [0.2, 0.25) is 5.02 Å². The second-order valence-corrected chi connectivity index (χ2v) is 6.94. The highest BCUT2D eigenvalue weighted by molar-refractivity contribution is 7.98. The van der Waals surface area contributed by atoms with Gasteiger partial charge in [0.2, 0.25) is 5.91 Å². The van der Waals surface area contributed by atoms with Gasteiger partial charge in [-0.15, -0.1) is 18.2 Å². The van der Waals surface area contributed by atoms with Gasteiger partial charge in [-0.3, -0.25) is 4.79 Å². The number of carbonyl (C=O) groups excluding carboxylic acids is 1. The van der Waals surface area contributed by atoms with Crippen molar-refractivity contribution in [3.05, 3.63) is 58.6 Å². The van der Waals surface area contributed by atoms with Gasteiger partial charge in [0, 0.05) is 16.3 Å². The first-order valence-electron chi connectivity index (χ1n) is 8.25. The summed E-state index contributed by atoms with van der Waals surface area (Å²) in [4.78, 5) is 13.2. The van der Waals surface area contributed by atoms with Gasteiger partial charge in [-0.25, -0.2) is 0 Å². The van der Waals surface area contributed by atoms with Crippen molar-refractivity contribution in [3.8, 4) is 24.2 Å². The zero-order chi connectivity index (χ0) is 19.6. The first kappa shape index (κ1) is 20.7. The lowest BCUT2D eigenvalue weighted by atomic mass is 10.1. The van der Waals surface area contributed by atoms with Gasteiger partial charge >= 0.3 is 0 Å². The summed E-state index contributed by atoms with van der Waals surface area (Å²) in [7, 11) is 0. The third-order valence-corrected chi connectivity index (χ3v) is 4.83. The van der Waals surface area contributed by atoms with E-state index in [1.807, 2.05) is 24.5 Å². The molecule has 6 heteroatoms. The van der Waals surface area contributed by atoms with Crippen LogP contribution in [0.3, 0.4) is 0 Å². The van der Waals surface area contributed by atoms with Gasteiger partial charge in [0.15, 0.2) is 0 Å². The lowest BCUT2D eigenvalue weighted by Gasteiger charge is -2.13. The minimum Gasteiger partial charge on any atom is -0.480 e. The van der Waals surface area contributed by atoms with Gasteiger partial charge in [-0.2, -0.15) is 5.26 Å². The molecule has 0 spiro atoms. The van der Waals surface area contributed by atoms with Crippen molar-refractivity contribution in [3.63, 3.8) is 0 Å². The Kier molecular flexibility index (Phi) is 8.07. The summed E-state index contributed by atoms with van der Waals surface area (Å²) < 4.78 is 5.50. The van der Waals surface area contributed by atoms with Crippen molar-refractivity contribution in [2.75, 3.05) is 12.9 Å². The van der Waals surface area contributed by atoms with Crippen molar-refractivity contribution in [2.24, 2.45) is 0 Å². The molecule has 0 bridgehead atoms. The van der Waals surface area contributed by atoms with Gasteiger partial charge in [0.05, 0.1) is 6.07 Å². The Labute approximate surface area is 168 Å². The van der Waals surface area contributed by atoms with Crippen molar-refractivity contribution >= 4 is 29.3 Å². The van der Waals surface area contributed by atoms with Crippen molar-refractivity contribution in [1.29, 1.82) is 5.26 Å². The largest absolute Gasteiger partial charge is 0.480 e. The highest BCUT2D eigenvalue weighted by atomic mass is 35.5. The number of aryl methyl sites for hydroxylation is 1. The number of nitriles is 1. The zero-order valence-electron chi connectivity index (χ0n) is 14.9. The highest BCUT2D eigenvalue weighted by Crippen LogP contribution is 2.29. The van der Waals surface area contributed by atoms with Gasteiger partial charge in [0.1, 0.15) is 18.4 Å². The molecule has 2 aromatic rings. The second kappa shape index (κ2) is 10.5. The van der Waals surface area contributed by atoms with Crippen LogP contribution in [-0.2, 0) is 11.2 Å². The summed E-state index contributed by atoms with van der Waals surface area (Å²) in [6, 6.07) is 14.0. The molecule has 27 heavy (non-hydrogen) atoms. The standard InChI is InChI=1S/C21H19ClN2O2S/c1-3-12-26-19-10-4-15(13-20(19)27-2)5-11-21(25)24-18(14-23)16-6-8-17(22)9-7-16/h1,4,6-10,13,18H,5,11-12H2,2H3,(H,24,25). The van der Waals surface area contributed by atoms with Gasteiger partial charge in [-0.1, -0.05) is 35.7 Å². The number of nitrogens with one attached hydrogen (secondary N) is 1. The van der Waals surface area contributed by atoms with E-state index in [4.69, 9.17) is 22.8 Å². The number of terminal acetylenes is 1.